The van der Waals surface area contributed by atoms with Crippen LogP contribution in [0.1, 0.15) is 49.7 Å². The van der Waals surface area contributed by atoms with Crippen LogP contribution in [0.2, 0.25) is 0 Å². The van der Waals surface area contributed by atoms with Crippen LogP contribution in [0.4, 0.5) is 0 Å². The third kappa shape index (κ3) is 2.68. The SMILES string of the molecule is CC1CCCCC1NC(=O)C1c2ccccc2Oc2ccccc21. The smallest absolute Gasteiger partial charge is 0.232 e. The van der Waals surface area contributed by atoms with Crippen molar-refractivity contribution in [2.45, 2.75) is 44.6 Å². The summed E-state index contributed by atoms with van der Waals surface area (Å²) in [6.45, 7) is 2.25. The van der Waals surface area contributed by atoms with Crippen molar-refractivity contribution >= 4 is 5.91 Å². The van der Waals surface area contributed by atoms with Gasteiger partial charge in [-0.25, -0.2) is 0 Å². The Labute approximate surface area is 143 Å². The molecule has 2 aliphatic rings. The number of amides is 1. The Balaban J connectivity index is 1.67. The molecule has 3 nitrogen and oxygen atoms in total. The Morgan fingerprint density at radius 3 is 2.17 bits per heavy atom. The van der Waals surface area contributed by atoms with Crippen molar-refractivity contribution in [3.05, 3.63) is 59.7 Å². The molecule has 0 spiro atoms. The standard InChI is InChI=1S/C21H23NO2/c1-14-8-2-5-11-17(14)22-21(23)20-15-9-3-6-12-18(15)24-19-13-7-4-10-16(19)20/h3-4,6-7,9-10,12-14,17,20H,2,5,8,11H2,1H3,(H,22,23). The molecule has 2 aromatic carbocycles. The van der Waals surface area contributed by atoms with Crippen LogP contribution in [0.15, 0.2) is 48.5 Å². The molecule has 0 bridgehead atoms. The summed E-state index contributed by atoms with van der Waals surface area (Å²) in [5.74, 6) is 1.92. The summed E-state index contributed by atoms with van der Waals surface area (Å²) < 4.78 is 5.99. The first-order valence-corrected chi connectivity index (χ1v) is 8.90. The van der Waals surface area contributed by atoms with Gasteiger partial charge in [0, 0.05) is 17.2 Å². The highest BCUT2D eigenvalue weighted by Crippen LogP contribution is 2.44. The summed E-state index contributed by atoms with van der Waals surface area (Å²) >= 11 is 0. The fourth-order valence-corrected chi connectivity index (χ4v) is 3.99. The van der Waals surface area contributed by atoms with Gasteiger partial charge in [-0.1, -0.05) is 56.2 Å². The molecule has 2 unspecified atom stereocenters. The molecular weight excluding hydrogens is 298 g/mol. The lowest BCUT2D eigenvalue weighted by molar-refractivity contribution is -0.123. The number of benzene rings is 2. The molecule has 0 radical (unpaired) electrons. The van der Waals surface area contributed by atoms with E-state index in [1.165, 1.54) is 19.3 Å². The van der Waals surface area contributed by atoms with Crippen molar-refractivity contribution in [1.82, 2.24) is 5.32 Å². The van der Waals surface area contributed by atoms with Gasteiger partial charge in [-0.15, -0.1) is 0 Å². The molecule has 2 atom stereocenters. The number of rotatable bonds is 2. The van der Waals surface area contributed by atoms with Crippen molar-refractivity contribution in [1.29, 1.82) is 0 Å². The molecule has 124 valence electrons. The molecule has 24 heavy (non-hydrogen) atoms. The molecule has 1 aliphatic carbocycles. The molecule has 1 heterocycles. The summed E-state index contributed by atoms with van der Waals surface area (Å²) in [5.41, 5.74) is 1.91. The average Bonchev–Trinajstić information content (AvgIpc) is 2.61. The molecular formula is C21H23NO2. The number of hydrogen-bond acceptors (Lipinski definition) is 2. The van der Waals surface area contributed by atoms with Gasteiger partial charge < -0.3 is 10.1 Å². The Morgan fingerprint density at radius 1 is 0.958 bits per heavy atom. The molecule has 1 N–H and O–H groups in total. The minimum Gasteiger partial charge on any atom is -0.457 e. The topological polar surface area (TPSA) is 38.3 Å². The van der Waals surface area contributed by atoms with Crippen molar-refractivity contribution < 1.29 is 9.53 Å². The van der Waals surface area contributed by atoms with Crippen molar-refractivity contribution in [2.24, 2.45) is 5.92 Å². The number of carbonyl (C=O) groups is 1. The first-order valence-electron chi connectivity index (χ1n) is 8.90. The molecule has 0 aromatic heterocycles. The second kappa shape index (κ2) is 6.31. The van der Waals surface area contributed by atoms with E-state index in [0.717, 1.165) is 29.0 Å². The van der Waals surface area contributed by atoms with E-state index in [9.17, 15) is 4.79 Å². The third-order valence-electron chi connectivity index (χ3n) is 5.38. The lowest BCUT2D eigenvalue weighted by Crippen LogP contribution is -2.43. The summed E-state index contributed by atoms with van der Waals surface area (Å²) in [4.78, 5) is 13.2. The van der Waals surface area contributed by atoms with Gasteiger partial charge in [0.25, 0.3) is 0 Å². The quantitative estimate of drug-likeness (QED) is 0.876. The fraction of sp³-hybridized carbons (Fsp3) is 0.381. The van der Waals surface area contributed by atoms with E-state index in [1.54, 1.807) is 0 Å². The largest absolute Gasteiger partial charge is 0.457 e. The molecule has 1 saturated carbocycles. The van der Waals surface area contributed by atoms with E-state index in [2.05, 4.69) is 12.2 Å². The van der Waals surface area contributed by atoms with Crippen LogP contribution in [0, 0.1) is 5.92 Å². The van der Waals surface area contributed by atoms with Crippen LogP contribution in [-0.4, -0.2) is 11.9 Å². The van der Waals surface area contributed by atoms with Gasteiger partial charge in [0.05, 0.1) is 5.92 Å². The zero-order valence-electron chi connectivity index (χ0n) is 14.0. The van der Waals surface area contributed by atoms with Crippen molar-refractivity contribution in [3.63, 3.8) is 0 Å². The molecule has 4 rings (SSSR count). The maximum atomic E-state index is 13.2. The van der Waals surface area contributed by atoms with E-state index in [1.807, 2.05) is 48.5 Å². The summed E-state index contributed by atoms with van der Waals surface area (Å²) in [5, 5.41) is 3.33. The second-order valence-corrected chi connectivity index (χ2v) is 6.99. The van der Waals surface area contributed by atoms with Gasteiger partial charge in [-0.2, -0.15) is 0 Å². The van der Waals surface area contributed by atoms with Crippen molar-refractivity contribution in [3.8, 4) is 11.5 Å². The van der Waals surface area contributed by atoms with Crippen LogP contribution in [0.5, 0.6) is 11.5 Å². The maximum absolute atomic E-state index is 13.2. The molecule has 2 aromatic rings. The number of carbonyl (C=O) groups excluding carboxylic acids is 1. The normalized spacial score (nSPS) is 22.9. The van der Waals surface area contributed by atoms with E-state index >= 15 is 0 Å². The van der Waals surface area contributed by atoms with Gasteiger partial charge in [-0.05, 0) is 30.9 Å². The fourth-order valence-electron chi connectivity index (χ4n) is 3.99. The van der Waals surface area contributed by atoms with Gasteiger partial charge in [-0.3, -0.25) is 4.79 Å². The Kier molecular flexibility index (Phi) is 4.01. The Hall–Kier alpha value is -2.29. The average molecular weight is 321 g/mol. The maximum Gasteiger partial charge on any atom is 0.232 e. The number of fused-ring (bicyclic) bond motifs is 2. The second-order valence-electron chi connectivity index (χ2n) is 6.99. The summed E-state index contributed by atoms with van der Waals surface area (Å²) in [6, 6.07) is 16.0. The molecule has 0 saturated heterocycles. The number of nitrogens with one attached hydrogen (secondary N) is 1. The van der Waals surface area contributed by atoms with Crippen LogP contribution in [-0.2, 0) is 4.79 Å². The molecule has 1 amide bonds. The lowest BCUT2D eigenvalue weighted by atomic mass is 9.83. The zero-order valence-corrected chi connectivity index (χ0v) is 14.0. The van der Waals surface area contributed by atoms with Crippen molar-refractivity contribution in [2.75, 3.05) is 0 Å². The van der Waals surface area contributed by atoms with Crippen LogP contribution < -0.4 is 10.1 Å². The van der Waals surface area contributed by atoms with Gasteiger partial charge in [0.15, 0.2) is 0 Å². The Morgan fingerprint density at radius 2 is 1.54 bits per heavy atom. The minimum absolute atomic E-state index is 0.0944. The number of para-hydroxylation sites is 2. The highest BCUT2D eigenvalue weighted by atomic mass is 16.5. The van der Waals surface area contributed by atoms with E-state index in [-0.39, 0.29) is 17.9 Å². The van der Waals surface area contributed by atoms with Gasteiger partial charge >= 0.3 is 0 Å². The summed E-state index contributed by atoms with van der Waals surface area (Å²) in [7, 11) is 0. The Bertz CT molecular complexity index is 710. The minimum atomic E-state index is -0.291. The first-order chi connectivity index (χ1) is 11.7. The van der Waals surface area contributed by atoms with E-state index in [0.29, 0.717) is 5.92 Å². The zero-order chi connectivity index (χ0) is 16.5. The van der Waals surface area contributed by atoms with Crippen LogP contribution >= 0.6 is 0 Å². The molecule has 3 heteroatoms. The number of hydrogen-bond donors (Lipinski definition) is 1. The number of ether oxygens (including phenoxy) is 1. The highest BCUT2D eigenvalue weighted by Gasteiger charge is 2.34. The summed E-state index contributed by atoms with van der Waals surface area (Å²) in [6.07, 6.45) is 4.76. The highest BCUT2D eigenvalue weighted by molar-refractivity contribution is 5.89. The van der Waals surface area contributed by atoms with Gasteiger partial charge in [0.2, 0.25) is 5.91 Å². The monoisotopic (exact) mass is 321 g/mol. The van der Waals surface area contributed by atoms with Crippen LogP contribution in [0.25, 0.3) is 0 Å². The molecule has 1 fully saturated rings. The van der Waals surface area contributed by atoms with E-state index < -0.39 is 0 Å². The van der Waals surface area contributed by atoms with E-state index in [4.69, 9.17) is 4.74 Å². The molecule has 1 aliphatic heterocycles. The lowest BCUT2D eigenvalue weighted by Gasteiger charge is -2.33. The predicted molar refractivity (Wildman–Crippen MR) is 94.4 cm³/mol. The predicted octanol–water partition coefficient (Wildman–Crippen LogP) is 4.62. The third-order valence-corrected chi connectivity index (χ3v) is 5.38. The van der Waals surface area contributed by atoms with Crippen LogP contribution in [0.3, 0.4) is 0 Å². The van der Waals surface area contributed by atoms with Gasteiger partial charge in [0.1, 0.15) is 11.5 Å². The first kappa shape index (κ1) is 15.3.